The van der Waals surface area contributed by atoms with E-state index in [1.807, 2.05) is 72.8 Å². The first kappa shape index (κ1) is 19.6. The van der Waals surface area contributed by atoms with Gasteiger partial charge in [0.05, 0.1) is 18.7 Å². The third-order valence-electron chi connectivity index (χ3n) is 4.85. The van der Waals surface area contributed by atoms with Crippen molar-refractivity contribution >= 4 is 17.6 Å². The van der Waals surface area contributed by atoms with Gasteiger partial charge >= 0.3 is 5.97 Å². The van der Waals surface area contributed by atoms with Crippen LogP contribution in [0, 0.1) is 0 Å². The molecule has 0 unspecified atom stereocenters. The minimum atomic E-state index is -0.438. The lowest BCUT2D eigenvalue weighted by atomic mass is 10.1. The molecule has 0 atom stereocenters. The Morgan fingerprint density at radius 1 is 0.933 bits per heavy atom. The summed E-state index contributed by atoms with van der Waals surface area (Å²) in [5.74, 6) is 0.704. The van der Waals surface area contributed by atoms with E-state index >= 15 is 0 Å². The molecule has 0 saturated carbocycles. The van der Waals surface area contributed by atoms with Crippen molar-refractivity contribution in [2.24, 2.45) is 5.10 Å². The van der Waals surface area contributed by atoms with Gasteiger partial charge in [-0.05, 0) is 17.7 Å². The van der Waals surface area contributed by atoms with E-state index in [0.29, 0.717) is 25.1 Å². The fraction of sp³-hybridized carbons (Fsp3) is 0.208. The number of hydrazone groups is 1. The van der Waals surface area contributed by atoms with Crippen molar-refractivity contribution in [3.63, 3.8) is 0 Å². The van der Waals surface area contributed by atoms with E-state index in [1.54, 1.807) is 0 Å². The maximum atomic E-state index is 12.3. The van der Waals surface area contributed by atoms with Crippen LogP contribution in [-0.2, 0) is 20.7 Å². The monoisotopic (exact) mass is 402 g/mol. The second-order valence-electron chi connectivity index (χ2n) is 6.97. The number of furan rings is 1. The van der Waals surface area contributed by atoms with Crippen LogP contribution in [0.2, 0.25) is 0 Å². The quantitative estimate of drug-likeness (QED) is 0.559. The number of carbonyl (C=O) groups excluding carboxylic acids is 2. The normalized spacial score (nSPS) is 13.2. The number of esters is 1. The molecule has 0 radical (unpaired) electrons. The Bertz CT molecular complexity index is 1040. The number of nitrogens with zero attached hydrogens (tertiary/aromatic N) is 2. The first-order valence-corrected chi connectivity index (χ1v) is 9.92. The highest BCUT2D eigenvalue weighted by molar-refractivity contribution is 6.02. The van der Waals surface area contributed by atoms with E-state index in [0.717, 1.165) is 22.6 Å². The molecule has 0 bridgehead atoms. The summed E-state index contributed by atoms with van der Waals surface area (Å²) >= 11 is 0. The van der Waals surface area contributed by atoms with Crippen LogP contribution in [0.3, 0.4) is 0 Å². The Labute approximate surface area is 174 Å². The van der Waals surface area contributed by atoms with Crippen LogP contribution in [0.1, 0.15) is 24.2 Å². The Morgan fingerprint density at radius 3 is 2.37 bits per heavy atom. The lowest BCUT2D eigenvalue weighted by Crippen LogP contribution is -2.28. The number of hydrogen-bond acceptors (Lipinski definition) is 5. The lowest BCUT2D eigenvalue weighted by molar-refractivity contribution is -0.151. The van der Waals surface area contributed by atoms with Crippen molar-refractivity contribution in [1.82, 2.24) is 5.01 Å². The van der Waals surface area contributed by atoms with Gasteiger partial charge in [-0.1, -0.05) is 60.7 Å². The average Bonchev–Trinajstić information content (AvgIpc) is 3.47. The molecule has 1 amide bonds. The minimum Gasteiger partial charge on any atom is -0.461 e. The predicted octanol–water partition coefficient (Wildman–Crippen LogP) is 4.06. The van der Waals surface area contributed by atoms with Gasteiger partial charge in [-0.3, -0.25) is 9.59 Å². The van der Waals surface area contributed by atoms with Crippen molar-refractivity contribution in [3.8, 4) is 11.3 Å². The molecule has 6 heteroatoms. The van der Waals surface area contributed by atoms with E-state index in [-0.39, 0.29) is 18.9 Å². The first-order chi connectivity index (χ1) is 14.7. The number of hydrogen-bond donors (Lipinski definition) is 0. The number of carbonyl (C=O) groups is 2. The smallest absolute Gasteiger partial charge is 0.306 e. The number of ether oxygens (including phenoxy) is 1. The Morgan fingerprint density at radius 2 is 1.63 bits per heavy atom. The molecule has 152 valence electrons. The van der Waals surface area contributed by atoms with Gasteiger partial charge in [-0.25, -0.2) is 5.01 Å². The van der Waals surface area contributed by atoms with Crippen LogP contribution >= 0.6 is 0 Å². The second kappa shape index (κ2) is 9.22. The van der Waals surface area contributed by atoms with E-state index in [2.05, 4.69) is 5.10 Å². The number of benzene rings is 2. The molecule has 2 aromatic carbocycles. The molecule has 1 aliphatic rings. The molecule has 30 heavy (non-hydrogen) atoms. The number of rotatable bonds is 7. The SMILES string of the molecule is O=C(CCc1ccc(-c2ccccc2)o1)OCC(=O)N1CCC(c2ccccc2)=N1. The first-order valence-electron chi connectivity index (χ1n) is 9.92. The zero-order chi connectivity index (χ0) is 20.8. The van der Waals surface area contributed by atoms with Crippen LogP contribution in [0.25, 0.3) is 11.3 Å². The van der Waals surface area contributed by atoms with Crippen molar-refractivity contribution in [2.75, 3.05) is 13.2 Å². The third-order valence-corrected chi connectivity index (χ3v) is 4.85. The highest BCUT2D eigenvalue weighted by Gasteiger charge is 2.22. The molecule has 1 aliphatic heterocycles. The standard InChI is InChI=1S/C24H22N2O4/c27-23(26-16-15-21(25-26)18-7-3-1-4-8-18)17-29-24(28)14-12-20-11-13-22(30-20)19-9-5-2-6-10-19/h1-11,13H,12,14-17H2. The zero-order valence-electron chi connectivity index (χ0n) is 16.5. The van der Waals surface area contributed by atoms with E-state index in [9.17, 15) is 9.59 Å². The van der Waals surface area contributed by atoms with Crippen LogP contribution < -0.4 is 0 Å². The molecule has 3 aromatic rings. The highest BCUT2D eigenvalue weighted by atomic mass is 16.5. The highest BCUT2D eigenvalue weighted by Crippen LogP contribution is 2.22. The van der Waals surface area contributed by atoms with Gasteiger partial charge in [0.25, 0.3) is 5.91 Å². The van der Waals surface area contributed by atoms with Gasteiger partial charge in [-0.15, -0.1) is 0 Å². The molecule has 6 nitrogen and oxygen atoms in total. The maximum absolute atomic E-state index is 12.3. The van der Waals surface area contributed by atoms with E-state index in [4.69, 9.17) is 9.15 Å². The predicted molar refractivity (Wildman–Crippen MR) is 113 cm³/mol. The molecule has 0 aliphatic carbocycles. The van der Waals surface area contributed by atoms with Gasteiger partial charge in [-0.2, -0.15) is 5.10 Å². The molecule has 0 fully saturated rings. The second-order valence-corrected chi connectivity index (χ2v) is 6.97. The summed E-state index contributed by atoms with van der Waals surface area (Å²) in [5.41, 5.74) is 2.85. The fourth-order valence-corrected chi connectivity index (χ4v) is 3.25. The van der Waals surface area contributed by atoms with Gasteiger partial charge in [0.2, 0.25) is 0 Å². The number of aryl methyl sites for hydroxylation is 1. The third kappa shape index (κ3) is 4.84. The van der Waals surface area contributed by atoms with Gasteiger partial charge < -0.3 is 9.15 Å². The molecule has 2 heterocycles. The summed E-state index contributed by atoms with van der Waals surface area (Å²) in [5, 5.41) is 5.72. The van der Waals surface area contributed by atoms with Gasteiger partial charge in [0.1, 0.15) is 11.5 Å². The summed E-state index contributed by atoms with van der Waals surface area (Å²) in [7, 11) is 0. The largest absolute Gasteiger partial charge is 0.461 e. The molecule has 0 spiro atoms. The van der Waals surface area contributed by atoms with Crippen molar-refractivity contribution in [1.29, 1.82) is 0 Å². The topological polar surface area (TPSA) is 72.1 Å². The maximum Gasteiger partial charge on any atom is 0.306 e. The Kier molecular flexibility index (Phi) is 6.03. The number of amides is 1. The molecule has 0 saturated heterocycles. The van der Waals surface area contributed by atoms with Crippen molar-refractivity contribution < 1.29 is 18.7 Å². The van der Waals surface area contributed by atoms with Crippen LogP contribution in [0.4, 0.5) is 0 Å². The van der Waals surface area contributed by atoms with Gasteiger partial charge in [0.15, 0.2) is 6.61 Å². The summed E-state index contributed by atoms with van der Waals surface area (Å²) < 4.78 is 10.9. The van der Waals surface area contributed by atoms with Crippen molar-refractivity contribution in [2.45, 2.75) is 19.3 Å². The summed E-state index contributed by atoms with van der Waals surface area (Å²) in [6, 6.07) is 23.2. The summed E-state index contributed by atoms with van der Waals surface area (Å²) in [4.78, 5) is 24.3. The van der Waals surface area contributed by atoms with Gasteiger partial charge in [0, 0.05) is 18.4 Å². The van der Waals surface area contributed by atoms with Crippen molar-refractivity contribution in [3.05, 3.63) is 84.1 Å². The minimum absolute atomic E-state index is 0.146. The van der Waals surface area contributed by atoms with E-state index in [1.165, 1.54) is 5.01 Å². The lowest BCUT2D eigenvalue weighted by Gasteiger charge is -2.11. The average molecular weight is 402 g/mol. The molecule has 0 N–H and O–H groups in total. The zero-order valence-corrected chi connectivity index (χ0v) is 16.5. The van der Waals surface area contributed by atoms with Crippen LogP contribution in [0.5, 0.6) is 0 Å². The molecular formula is C24H22N2O4. The summed E-state index contributed by atoms with van der Waals surface area (Å²) in [6.45, 7) is 0.188. The summed E-state index contributed by atoms with van der Waals surface area (Å²) in [6.07, 6.45) is 1.25. The molecule has 1 aromatic heterocycles. The molecular weight excluding hydrogens is 380 g/mol. The molecule has 4 rings (SSSR count). The van der Waals surface area contributed by atoms with Crippen LogP contribution in [-0.4, -0.2) is 35.7 Å². The Hall–Kier alpha value is -3.67. The van der Waals surface area contributed by atoms with E-state index < -0.39 is 5.97 Å². The Balaban J connectivity index is 1.23. The van der Waals surface area contributed by atoms with Crippen LogP contribution in [0.15, 0.2) is 82.3 Å². The fourth-order valence-electron chi connectivity index (χ4n) is 3.25.